The van der Waals surface area contributed by atoms with Crippen LogP contribution >= 0.6 is 24.0 Å². The van der Waals surface area contributed by atoms with E-state index in [-0.39, 0.29) is 36.4 Å². The van der Waals surface area contributed by atoms with Crippen molar-refractivity contribution in [3.8, 4) is 5.69 Å². The number of unbranched alkanes of at least 4 members (excludes halogenated alkanes) is 1. The molecule has 2 N–H and O–H groups in total. The van der Waals surface area contributed by atoms with Gasteiger partial charge in [0.15, 0.2) is 5.96 Å². The summed E-state index contributed by atoms with van der Waals surface area (Å²) in [6.45, 7) is 7.71. The van der Waals surface area contributed by atoms with Gasteiger partial charge in [0.25, 0.3) is 0 Å². The predicted octanol–water partition coefficient (Wildman–Crippen LogP) is 3.03. The van der Waals surface area contributed by atoms with Gasteiger partial charge in [-0.15, -0.1) is 24.0 Å². The summed E-state index contributed by atoms with van der Waals surface area (Å²) in [5.41, 5.74) is 4.17. The zero-order valence-electron chi connectivity index (χ0n) is 18.0. The number of aromatic nitrogens is 2. The standard InChI is InChI=1S/C21H32N6O.HI/c1-6-7-12-22-21(24-15-20(28)26(4)5)23-14-18-10-8-9-11-19(18)27-17(3)13-16(2)25-27;/h8-11,13H,6-7,12,14-15H2,1-5H3,(H2,22,23,24);1H. The Balaban J connectivity index is 0.00000420. The van der Waals surface area contributed by atoms with Crippen LogP contribution in [0.15, 0.2) is 35.3 Å². The minimum Gasteiger partial charge on any atom is -0.356 e. The SMILES string of the molecule is CCCCNC(=NCc1ccccc1-n1nc(C)cc1C)NCC(=O)N(C)C.I. The summed E-state index contributed by atoms with van der Waals surface area (Å²) in [4.78, 5) is 18.2. The topological polar surface area (TPSA) is 74.5 Å². The maximum atomic E-state index is 11.9. The van der Waals surface area contributed by atoms with E-state index in [9.17, 15) is 4.79 Å². The van der Waals surface area contributed by atoms with E-state index >= 15 is 0 Å². The molecule has 0 bridgehead atoms. The van der Waals surface area contributed by atoms with Gasteiger partial charge < -0.3 is 15.5 Å². The first-order valence-corrected chi connectivity index (χ1v) is 9.76. The summed E-state index contributed by atoms with van der Waals surface area (Å²) in [5.74, 6) is 0.653. The number of hydrogen-bond donors (Lipinski definition) is 2. The predicted molar refractivity (Wildman–Crippen MR) is 129 cm³/mol. The molecule has 8 heteroatoms. The molecule has 0 saturated carbocycles. The van der Waals surface area contributed by atoms with E-state index in [2.05, 4.69) is 40.9 Å². The Morgan fingerprint density at radius 3 is 2.55 bits per heavy atom. The highest BCUT2D eigenvalue weighted by molar-refractivity contribution is 14.0. The van der Waals surface area contributed by atoms with Crippen LogP contribution in [-0.2, 0) is 11.3 Å². The van der Waals surface area contributed by atoms with Gasteiger partial charge in [-0.2, -0.15) is 5.10 Å². The smallest absolute Gasteiger partial charge is 0.241 e. The molecule has 0 radical (unpaired) electrons. The number of halogens is 1. The molecule has 0 aliphatic carbocycles. The fourth-order valence-electron chi connectivity index (χ4n) is 2.76. The first-order chi connectivity index (χ1) is 13.4. The van der Waals surface area contributed by atoms with Crippen molar-refractivity contribution in [3.63, 3.8) is 0 Å². The summed E-state index contributed by atoms with van der Waals surface area (Å²) in [5, 5.41) is 11.0. The highest BCUT2D eigenvalue weighted by atomic mass is 127. The van der Waals surface area contributed by atoms with E-state index in [4.69, 9.17) is 4.99 Å². The first kappa shape index (κ1) is 24.9. The van der Waals surface area contributed by atoms with Crippen LogP contribution in [0.1, 0.15) is 36.7 Å². The molecule has 1 aromatic heterocycles. The van der Waals surface area contributed by atoms with E-state index in [0.717, 1.165) is 42.0 Å². The first-order valence-electron chi connectivity index (χ1n) is 9.76. The zero-order chi connectivity index (χ0) is 20.5. The van der Waals surface area contributed by atoms with E-state index in [0.29, 0.717) is 12.5 Å². The molecule has 2 rings (SSSR count). The number of para-hydroxylation sites is 1. The van der Waals surface area contributed by atoms with Gasteiger partial charge in [-0.1, -0.05) is 31.5 Å². The Morgan fingerprint density at radius 2 is 1.93 bits per heavy atom. The van der Waals surface area contributed by atoms with Gasteiger partial charge in [0.1, 0.15) is 0 Å². The maximum Gasteiger partial charge on any atom is 0.241 e. The van der Waals surface area contributed by atoms with Gasteiger partial charge >= 0.3 is 0 Å². The van der Waals surface area contributed by atoms with Crippen molar-refractivity contribution in [1.82, 2.24) is 25.3 Å². The average Bonchev–Trinajstić information content (AvgIpc) is 3.01. The number of nitrogens with zero attached hydrogens (tertiary/aromatic N) is 4. The third-order valence-electron chi connectivity index (χ3n) is 4.37. The number of guanidine groups is 1. The second-order valence-electron chi connectivity index (χ2n) is 7.05. The van der Waals surface area contributed by atoms with E-state index in [1.807, 2.05) is 30.7 Å². The molecule has 0 saturated heterocycles. The molecule has 1 heterocycles. The molecular formula is C21H33IN6O. The lowest BCUT2D eigenvalue weighted by atomic mass is 10.2. The van der Waals surface area contributed by atoms with Gasteiger partial charge in [-0.3, -0.25) is 4.79 Å². The van der Waals surface area contributed by atoms with Gasteiger partial charge in [-0.05, 0) is 38.0 Å². The average molecular weight is 512 g/mol. The lowest BCUT2D eigenvalue weighted by molar-refractivity contribution is -0.127. The number of aliphatic imine (C=N–C) groups is 1. The molecule has 1 amide bonds. The van der Waals surface area contributed by atoms with Crippen molar-refractivity contribution in [1.29, 1.82) is 0 Å². The van der Waals surface area contributed by atoms with Gasteiger partial charge in [-0.25, -0.2) is 9.67 Å². The van der Waals surface area contributed by atoms with Crippen LogP contribution in [0.3, 0.4) is 0 Å². The number of carbonyl (C=O) groups excluding carboxylic acids is 1. The van der Waals surface area contributed by atoms with Gasteiger partial charge in [0, 0.05) is 26.3 Å². The summed E-state index contributed by atoms with van der Waals surface area (Å²) in [6.07, 6.45) is 2.14. The number of hydrogen-bond acceptors (Lipinski definition) is 3. The second-order valence-corrected chi connectivity index (χ2v) is 7.05. The minimum atomic E-state index is 0. The molecule has 1 aromatic carbocycles. The van der Waals surface area contributed by atoms with Gasteiger partial charge in [0.05, 0.1) is 24.5 Å². The Kier molecular flexibility index (Phi) is 10.7. The van der Waals surface area contributed by atoms with E-state index < -0.39 is 0 Å². The number of benzene rings is 1. The molecule has 0 spiro atoms. The minimum absolute atomic E-state index is 0. The van der Waals surface area contributed by atoms with Crippen LogP contribution in [0.2, 0.25) is 0 Å². The van der Waals surface area contributed by atoms with Crippen LogP contribution in [0, 0.1) is 13.8 Å². The fourth-order valence-corrected chi connectivity index (χ4v) is 2.76. The third-order valence-corrected chi connectivity index (χ3v) is 4.37. The molecule has 0 fully saturated rings. The number of amides is 1. The van der Waals surface area contributed by atoms with Crippen molar-refractivity contribution in [2.75, 3.05) is 27.2 Å². The summed E-state index contributed by atoms with van der Waals surface area (Å²) >= 11 is 0. The Hall–Kier alpha value is -2.10. The Bertz CT molecular complexity index is 815. The summed E-state index contributed by atoms with van der Waals surface area (Å²) in [6, 6.07) is 10.2. The largest absolute Gasteiger partial charge is 0.356 e. The lowest BCUT2D eigenvalue weighted by Crippen LogP contribution is -2.43. The molecule has 0 aliphatic heterocycles. The molecule has 0 atom stereocenters. The van der Waals surface area contributed by atoms with Crippen molar-refractivity contribution in [3.05, 3.63) is 47.3 Å². The highest BCUT2D eigenvalue weighted by Gasteiger charge is 2.10. The third kappa shape index (κ3) is 7.68. The molecule has 29 heavy (non-hydrogen) atoms. The molecule has 0 aliphatic rings. The fraction of sp³-hybridized carbons (Fsp3) is 0.476. The van der Waals surface area contributed by atoms with Gasteiger partial charge in [0.2, 0.25) is 5.91 Å². The highest BCUT2D eigenvalue weighted by Crippen LogP contribution is 2.17. The van der Waals surface area contributed by atoms with Crippen LogP contribution in [0.4, 0.5) is 0 Å². The summed E-state index contributed by atoms with van der Waals surface area (Å²) in [7, 11) is 3.49. The molecule has 0 unspecified atom stereocenters. The van der Waals surface area contributed by atoms with Crippen LogP contribution in [0.25, 0.3) is 5.69 Å². The lowest BCUT2D eigenvalue weighted by Gasteiger charge is -2.15. The van der Waals surface area contributed by atoms with Crippen molar-refractivity contribution >= 4 is 35.8 Å². The second kappa shape index (κ2) is 12.5. The number of rotatable bonds is 8. The van der Waals surface area contributed by atoms with Crippen molar-refractivity contribution in [2.24, 2.45) is 4.99 Å². The van der Waals surface area contributed by atoms with E-state index in [1.54, 1.807) is 19.0 Å². The normalized spacial score (nSPS) is 11.0. The Morgan fingerprint density at radius 1 is 1.21 bits per heavy atom. The molecule has 7 nitrogen and oxygen atoms in total. The zero-order valence-corrected chi connectivity index (χ0v) is 20.4. The summed E-state index contributed by atoms with van der Waals surface area (Å²) < 4.78 is 1.95. The number of carbonyl (C=O) groups is 1. The molecular weight excluding hydrogens is 479 g/mol. The van der Waals surface area contributed by atoms with E-state index in [1.165, 1.54) is 0 Å². The number of aryl methyl sites for hydroxylation is 2. The maximum absolute atomic E-state index is 11.9. The van der Waals surface area contributed by atoms with Crippen LogP contribution in [0.5, 0.6) is 0 Å². The van der Waals surface area contributed by atoms with Crippen molar-refractivity contribution in [2.45, 2.75) is 40.2 Å². The van der Waals surface area contributed by atoms with Crippen LogP contribution in [-0.4, -0.2) is 53.7 Å². The quantitative estimate of drug-likeness (QED) is 0.247. The van der Waals surface area contributed by atoms with Crippen molar-refractivity contribution < 1.29 is 4.79 Å². The number of likely N-dealkylation sites (N-methyl/N-ethyl adjacent to an activating group) is 1. The molecule has 160 valence electrons. The van der Waals surface area contributed by atoms with Crippen LogP contribution < -0.4 is 10.6 Å². The Labute approximate surface area is 191 Å². The monoisotopic (exact) mass is 512 g/mol. The number of nitrogens with one attached hydrogen (secondary N) is 2. The molecule has 2 aromatic rings.